The van der Waals surface area contributed by atoms with Crippen LogP contribution in [0.4, 0.5) is 5.69 Å². The van der Waals surface area contributed by atoms with Crippen LogP contribution in [0.1, 0.15) is 17.5 Å². The first kappa shape index (κ1) is 26.0. The van der Waals surface area contributed by atoms with Crippen molar-refractivity contribution in [2.75, 3.05) is 64.3 Å². The molecule has 9 heteroatoms. The van der Waals surface area contributed by atoms with Crippen molar-refractivity contribution in [1.29, 1.82) is 0 Å². The molecule has 0 bridgehead atoms. The number of benzene rings is 2. The van der Waals surface area contributed by atoms with Crippen molar-refractivity contribution in [3.05, 3.63) is 53.6 Å². The molecule has 0 atom stereocenters. The van der Waals surface area contributed by atoms with E-state index in [4.69, 9.17) is 4.74 Å². The molecule has 2 aromatic carbocycles. The number of piperazine rings is 1. The van der Waals surface area contributed by atoms with E-state index in [9.17, 15) is 13.2 Å². The second kappa shape index (κ2) is 11.7. The number of hydrogen-bond donors (Lipinski definition) is 1. The fourth-order valence-corrected chi connectivity index (χ4v) is 5.34. The van der Waals surface area contributed by atoms with Gasteiger partial charge < -0.3 is 19.9 Å². The van der Waals surface area contributed by atoms with E-state index in [2.05, 4.69) is 22.2 Å². The molecule has 0 saturated carbocycles. The average Bonchev–Trinajstić information content (AvgIpc) is 2.81. The molecule has 1 aliphatic rings. The molecule has 0 aromatic heterocycles. The van der Waals surface area contributed by atoms with Crippen LogP contribution >= 0.6 is 0 Å². The summed E-state index contributed by atoms with van der Waals surface area (Å²) in [6, 6.07) is 11.9. The number of ether oxygens (including phenoxy) is 1. The van der Waals surface area contributed by atoms with Crippen LogP contribution < -0.4 is 14.4 Å². The normalized spacial score (nSPS) is 15.2. The molecule has 186 valence electrons. The van der Waals surface area contributed by atoms with Crippen LogP contribution in [0.25, 0.3) is 0 Å². The van der Waals surface area contributed by atoms with Gasteiger partial charge in [-0.2, -0.15) is 0 Å². The number of carbonyl (C=O) groups excluding carboxylic acids is 1. The number of carbonyl (C=O) groups is 1. The summed E-state index contributed by atoms with van der Waals surface area (Å²) in [6.45, 7) is 9.00. The summed E-state index contributed by atoms with van der Waals surface area (Å²) in [6.07, 6.45) is 0.813. The van der Waals surface area contributed by atoms with Gasteiger partial charge in [-0.3, -0.25) is 9.10 Å². The minimum absolute atomic E-state index is 0.129. The summed E-state index contributed by atoms with van der Waals surface area (Å²) in [5, 5.41) is 2.89. The molecule has 1 heterocycles. The van der Waals surface area contributed by atoms with Crippen molar-refractivity contribution in [1.82, 2.24) is 15.1 Å². The summed E-state index contributed by atoms with van der Waals surface area (Å²) in [5.74, 6) is 0.0433. The van der Waals surface area contributed by atoms with Crippen molar-refractivity contribution < 1.29 is 17.9 Å². The SMILES string of the molecule is COc1ccc(C)cc1N(CC(=O)NCCCN1CCN(C)CC1)S(=O)(=O)c1ccc(C)cc1. The van der Waals surface area contributed by atoms with Crippen molar-refractivity contribution in [2.24, 2.45) is 0 Å². The third-order valence-electron chi connectivity index (χ3n) is 6.07. The lowest BCUT2D eigenvalue weighted by Gasteiger charge is -2.32. The molecule has 0 radical (unpaired) electrons. The monoisotopic (exact) mass is 488 g/mol. The van der Waals surface area contributed by atoms with E-state index >= 15 is 0 Å². The number of rotatable bonds is 10. The Bertz CT molecular complexity index is 1060. The predicted octanol–water partition coefficient (Wildman–Crippen LogP) is 2.26. The number of sulfonamides is 1. The van der Waals surface area contributed by atoms with Gasteiger partial charge in [0, 0.05) is 32.7 Å². The molecular formula is C25H36N4O4S. The van der Waals surface area contributed by atoms with E-state index in [1.54, 1.807) is 36.4 Å². The second-order valence-corrected chi connectivity index (χ2v) is 10.7. The number of likely N-dealkylation sites (N-methyl/N-ethyl adjacent to an activating group) is 1. The zero-order valence-corrected chi connectivity index (χ0v) is 21.4. The van der Waals surface area contributed by atoms with Crippen LogP contribution in [0.2, 0.25) is 0 Å². The molecule has 1 fully saturated rings. The Balaban J connectivity index is 1.73. The van der Waals surface area contributed by atoms with Gasteiger partial charge in [-0.15, -0.1) is 0 Å². The van der Waals surface area contributed by atoms with Crippen molar-refractivity contribution in [2.45, 2.75) is 25.2 Å². The van der Waals surface area contributed by atoms with E-state index in [1.807, 2.05) is 19.9 Å². The maximum Gasteiger partial charge on any atom is 0.264 e. The molecule has 1 saturated heterocycles. The smallest absolute Gasteiger partial charge is 0.264 e. The molecule has 0 unspecified atom stereocenters. The third-order valence-corrected chi connectivity index (χ3v) is 7.84. The largest absolute Gasteiger partial charge is 0.495 e. The Labute approximate surface area is 203 Å². The fourth-order valence-electron chi connectivity index (χ4n) is 3.92. The zero-order chi connectivity index (χ0) is 24.7. The Hall–Kier alpha value is -2.62. The Morgan fingerprint density at radius 2 is 1.68 bits per heavy atom. The third kappa shape index (κ3) is 6.71. The number of aryl methyl sites for hydroxylation is 2. The lowest BCUT2D eigenvalue weighted by atomic mass is 10.2. The molecule has 8 nitrogen and oxygen atoms in total. The Morgan fingerprint density at radius 1 is 1.03 bits per heavy atom. The van der Waals surface area contributed by atoms with Crippen LogP contribution in [0.3, 0.4) is 0 Å². The van der Waals surface area contributed by atoms with E-state index in [0.29, 0.717) is 18.0 Å². The molecule has 1 N–H and O–H groups in total. The van der Waals surface area contributed by atoms with Gasteiger partial charge in [-0.25, -0.2) is 8.42 Å². The number of nitrogens with zero attached hydrogens (tertiary/aromatic N) is 3. The van der Waals surface area contributed by atoms with Crippen LogP contribution in [0.5, 0.6) is 5.75 Å². The molecule has 1 aliphatic heterocycles. The number of anilines is 1. The highest BCUT2D eigenvalue weighted by Gasteiger charge is 2.29. The molecule has 3 rings (SSSR count). The average molecular weight is 489 g/mol. The number of nitrogens with one attached hydrogen (secondary N) is 1. The summed E-state index contributed by atoms with van der Waals surface area (Å²) in [7, 11) is -0.377. The van der Waals surface area contributed by atoms with Gasteiger partial charge in [0.1, 0.15) is 12.3 Å². The molecule has 0 aliphatic carbocycles. The highest BCUT2D eigenvalue weighted by molar-refractivity contribution is 7.92. The topological polar surface area (TPSA) is 82.2 Å². The van der Waals surface area contributed by atoms with Gasteiger partial charge in [0.15, 0.2) is 0 Å². The quantitative estimate of drug-likeness (QED) is 0.517. The molecule has 0 spiro atoms. The highest BCUT2D eigenvalue weighted by atomic mass is 32.2. The molecule has 1 amide bonds. The van der Waals surface area contributed by atoms with Gasteiger partial charge >= 0.3 is 0 Å². The first-order valence-electron chi connectivity index (χ1n) is 11.6. The van der Waals surface area contributed by atoms with Gasteiger partial charge in [0.25, 0.3) is 10.0 Å². The van der Waals surface area contributed by atoms with E-state index in [0.717, 1.165) is 54.6 Å². The minimum Gasteiger partial charge on any atom is -0.495 e. The van der Waals surface area contributed by atoms with E-state index in [1.165, 1.54) is 7.11 Å². The Morgan fingerprint density at radius 3 is 2.32 bits per heavy atom. The molecule has 2 aromatic rings. The first-order chi connectivity index (χ1) is 16.2. The molecule has 34 heavy (non-hydrogen) atoms. The van der Waals surface area contributed by atoms with Gasteiger partial charge in [-0.1, -0.05) is 23.8 Å². The number of methoxy groups -OCH3 is 1. The van der Waals surface area contributed by atoms with Crippen LogP contribution in [0.15, 0.2) is 47.4 Å². The molecular weight excluding hydrogens is 452 g/mol. The van der Waals surface area contributed by atoms with Crippen LogP contribution in [0, 0.1) is 13.8 Å². The van der Waals surface area contributed by atoms with Crippen molar-refractivity contribution in [3.8, 4) is 5.75 Å². The minimum atomic E-state index is -3.99. The van der Waals surface area contributed by atoms with Crippen molar-refractivity contribution >= 4 is 21.6 Å². The Kier molecular flexibility index (Phi) is 8.93. The summed E-state index contributed by atoms with van der Waals surface area (Å²) in [4.78, 5) is 17.7. The van der Waals surface area contributed by atoms with Gasteiger partial charge in [0.2, 0.25) is 5.91 Å². The predicted molar refractivity (Wildman–Crippen MR) is 135 cm³/mol. The first-order valence-corrected chi connectivity index (χ1v) is 13.1. The maximum atomic E-state index is 13.6. The van der Waals surface area contributed by atoms with Crippen LogP contribution in [-0.2, 0) is 14.8 Å². The fraction of sp³-hybridized carbons (Fsp3) is 0.480. The number of hydrogen-bond acceptors (Lipinski definition) is 6. The second-order valence-electron chi connectivity index (χ2n) is 8.85. The van der Waals surface area contributed by atoms with Gasteiger partial charge in [0.05, 0.1) is 17.7 Å². The highest BCUT2D eigenvalue weighted by Crippen LogP contribution is 2.33. The number of amides is 1. The van der Waals surface area contributed by atoms with E-state index in [-0.39, 0.29) is 17.3 Å². The van der Waals surface area contributed by atoms with E-state index < -0.39 is 10.0 Å². The van der Waals surface area contributed by atoms with Crippen LogP contribution in [-0.4, -0.2) is 84.1 Å². The maximum absolute atomic E-state index is 13.6. The van der Waals surface area contributed by atoms with Crippen molar-refractivity contribution in [3.63, 3.8) is 0 Å². The lowest BCUT2D eigenvalue weighted by molar-refractivity contribution is -0.119. The summed E-state index contributed by atoms with van der Waals surface area (Å²) in [5.41, 5.74) is 2.17. The zero-order valence-electron chi connectivity index (χ0n) is 20.6. The summed E-state index contributed by atoms with van der Waals surface area (Å²) < 4.78 is 33.8. The van der Waals surface area contributed by atoms with Gasteiger partial charge in [-0.05, 0) is 63.7 Å². The standard InChI is InChI=1S/C25H36N4O4S/c1-20-6-9-22(10-7-20)34(31,32)29(23-18-21(2)8-11-24(23)33-4)19-25(30)26-12-5-13-28-16-14-27(3)15-17-28/h6-11,18H,5,12-17,19H2,1-4H3,(H,26,30). The lowest BCUT2D eigenvalue weighted by Crippen LogP contribution is -2.45. The summed E-state index contributed by atoms with van der Waals surface area (Å²) >= 11 is 0.